The van der Waals surface area contributed by atoms with Crippen LogP contribution in [0.5, 0.6) is 5.75 Å². The molecule has 6 heteroatoms. The van der Waals surface area contributed by atoms with E-state index in [1.165, 1.54) is 11.1 Å². The first kappa shape index (κ1) is 18.9. The van der Waals surface area contributed by atoms with Crippen molar-refractivity contribution >= 4 is 12.2 Å². The molecule has 3 aromatic rings. The molecule has 5 nitrogen and oxygen atoms in total. The molecule has 28 heavy (non-hydrogen) atoms. The standard InChI is InChI=1S/C22H26N4OS/c1-16(2)26-21(18-8-10-20(27-3)11-9-18)23-25(22(26)28)15-24-13-12-17-6-4-5-7-19(17)14-24/h4-11,16H,12-15H2,1-3H3. The topological polar surface area (TPSA) is 35.2 Å². The lowest BCUT2D eigenvalue weighted by atomic mass is 10.0. The summed E-state index contributed by atoms with van der Waals surface area (Å²) in [4.78, 5) is 2.41. The number of rotatable bonds is 5. The van der Waals surface area contributed by atoms with Crippen molar-refractivity contribution in [1.82, 2.24) is 19.2 Å². The highest BCUT2D eigenvalue weighted by Crippen LogP contribution is 2.25. The van der Waals surface area contributed by atoms with Crippen molar-refractivity contribution in [2.24, 2.45) is 0 Å². The number of hydrogen-bond acceptors (Lipinski definition) is 4. The largest absolute Gasteiger partial charge is 0.497 e. The van der Waals surface area contributed by atoms with Gasteiger partial charge in [-0.2, -0.15) is 5.10 Å². The van der Waals surface area contributed by atoms with Crippen LogP contribution >= 0.6 is 12.2 Å². The molecule has 0 amide bonds. The fourth-order valence-electron chi connectivity index (χ4n) is 3.78. The van der Waals surface area contributed by atoms with E-state index in [0.717, 1.165) is 41.4 Å². The predicted octanol–water partition coefficient (Wildman–Crippen LogP) is 4.69. The van der Waals surface area contributed by atoms with E-state index in [-0.39, 0.29) is 6.04 Å². The maximum atomic E-state index is 5.80. The van der Waals surface area contributed by atoms with Gasteiger partial charge >= 0.3 is 0 Å². The summed E-state index contributed by atoms with van der Waals surface area (Å²) in [6.07, 6.45) is 1.07. The van der Waals surface area contributed by atoms with Crippen LogP contribution in [0.4, 0.5) is 0 Å². The molecule has 0 fully saturated rings. The molecular weight excluding hydrogens is 368 g/mol. The highest BCUT2D eigenvalue weighted by Gasteiger charge is 2.20. The second-order valence-electron chi connectivity index (χ2n) is 7.51. The van der Waals surface area contributed by atoms with Gasteiger partial charge in [0.05, 0.1) is 13.8 Å². The molecule has 1 aliphatic heterocycles. The van der Waals surface area contributed by atoms with Gasteiger partial charge in [0.1, 0.15) is 5.75 Å². The molecule has 0 saturated heterocycles. The summed E-state index contributed by atoms with van der Waals surface area (Å²) >= 11 is 5.80. The maximum Gasteiger partial charge on any atom is 0.199 e. The average Bonchev–Trinajstić information content (AvgIpc) is 3.04. The Morgan fingerprint density at radius 1 is 1.07 bits per heavy atom. The van der Waals surface area contributed by atoms with Crippen molar-refractivity contribution in [2.45, 2.75) is 39.5 Å². The number of hydrogen-bond donors (Lipinski definition) is 0. The summed E-state index contributed by atoms with van der Waals surface area (Å²) in [5.41, 5.74) is 3.90. The van der Waals surface area contributed by atoms with Gasteiger partial charge in [0.15, 0.2) is 10.6 Å². The Hall–Kier alpha value is -2.44. The van der Waals surface area contributed by atoms with Gasteiger partial charge in [-0.25, -0.2) is 4.68 Å². The van der Waals surface area contributed by atoms with Crippen LogP contribution in [0.2, 0.25) is 0 Å². The maximum absolute atomic E-state index is 5.80. The van der Waals surface area contributed by atoms with Gasteiger partial charge in [-0.05, 0) is 67.9 Å². The van der Waals surface area contributed by atoms with E-state index in [0.29, 0.717) is 6.67 Å². The number of aromatic nitrogens is 3. The van der Waals surface area contributed by atoms with Crippen LogP contribution in [-0.2, 0) is 19.6 Å². The Bertz CT molecular complexity index is 1020. The Morgan fingerprint density at radius 2 is 1.79 bits per heavy atom. The first-order valence-corrected chi connectivity index (χ1v) is 10.1. The third kappa shape index (κ3) is 3.62. The quantitative estimate of drug-likeness (QED) is 0.588. The fourth-order valence-corrected chi connectivity index (χ4v) is 4.17. The molecule has 0 unspecified atom stereocenters. The van der Waals surface area contributed by atoms with Crippen LogP contribution < -0.4 is 4.74 Å². The van der Waals surface area contributed by atoms with E-state index in [4.69, 9.17) is 22.1 Å². The second kappa shape index (κ2) is 7.89. The number of ether oxygens (including phenoxy) is 1. The molecule has 4 rings (SSSR count). The molecule has 0 N–H and O–H groups in total. The number of benzene rings is 2. The van der Waals surface area contributed by atoms with Crippen LogP contribution in [0.1, 0.15) is 31.0 Å². The van der Waals surface area contributed by atoms with Crippen molar-refractivity contribution in [3.8, 4) is 17.1 Å². The van der Waals surface area contributed by atoms with Crippen LogP contribution in [0.15, 0.2) is 48.5 Å². The number of fused-ring (bicyclic) bond motifs is 1. The molecule has 0 spiro atoms. The molecule has 0 saturated carbocycles. The van der Waals surface area contributed by atoms with E-state index >= 15 is 0 Å². The zero-order valence-electron chi connectivity index (χ0n) is 16.6. The van der Waals surface area contributed by atoms with Crippen LogP contribution in [0, 0.1) is 4.77 Å². The van der Waals surface area contributed by atoms with E-state index in [1.54, 1.807) is 7.11 Å². The van der Waals surface area contributed by atoms with Gasteiger partial charge in [0, 0.05) is 24.7 Å². The lowest BCUT2D eigenvalue weighted by Gasteiger charge is -2.28. The van der Waals surface area contributed by atoms with Crippen LogP contribution in [0.25, 0.3) is 11.4 Å². The molecular formula is C22H26N4OS. The van der Waals surface area contributed by atoms with Crippen molar-refractivity contribution < 1.29 is 4.74 Å². The zero-order valence-corrected chi connectivity index (χ0v) is 17.4. The van der Waals surface area contributed by atoms with Crippen LogP contribution in [-0.4, -0.2) is 32.9 Å². The van der Waals surface area contributed by atoms with Crippen LogP contribution in [0.3, 0.4) is 0 Å². The minimum absolute atomic E-state index is 0.237. The molecule has 2 heterocycles. The third-order valence-corrected chi connectivity index (χ3v) is 5.69. The molecule has 0 radical (unpaired) electrons. The molecule has 1 aromatic heterocycles. The smallest absolute Gasteiger partial charge is 0.199 e. The molecule has 0 bridgehead atoms. The second-order valence-corrected chi connectivity index (χ2v) is 7.88. The zero-order chi connectivity index (χ0) is 19.7. The molecule has 0 aliphatic carbocycles. The van der Waals surface area contributed by atoms with E-state index in [2.05, 4.69) is 47.6 Å². The Kier molecular flexibility index (Phi) is 5.33. The Balaban J connectivity index is 1.64. The molecule has 146 valence electrons. The monoisotopic (exact) mass is 394 g/mol. The van der Waals surface area contributed by atoms with Crippen molar-refractivity contribution in [3.63, 3.8) is 0 Å². The average molecular weight is 395 g/mol. The number of methoxy groups -OCH3 is 1. The molecule has 1 aliphatic rings. The Morgan fingerprint density at radius 3 is 2.46 bits per heavy atom. The summed E-state index contributed by atoms with van der Waals surface area (Å²) in [5.74, 6) is 1.74. The highest BCUT2D eigenvalue weighted by molar-refractivity contribution is 7.71. The van der Waals surface area contributed by atoms with Gasteiger partial charge in [-0.15, -0.1) is 0 Å². The first-order chi connectivity index (χ1) is 13.6. The van der Waals surface area contributed by atoms with Gasteiger partial charge in [-0.3, -0.25) is 9.47 Å². The minimum Gasteiger partial charge on any atom is -0.497 e. The summed E-state index contributed by atoms with van der Waals surface area (Å²) in [6.45, 7) is 6.95. The SMILES string of the molecule is COc1ccc(-c2nn(CN3CCc4ccccc4C3)c(=S)n2C(C)C)cc1. The predicted molar refractivity (Wildman–Crippen MR) is 114 cm³/mol. The van der Waals surface area contributed by atoms with Gasteiger partial charge in [0.2, 0.25) is 0 Å². The van der Waals surface area contributed by atoms with Gasteiger partial charge in [0.25, 0.3) is 0 Å². The van der Waals surface area contributed by atoms with Crippen molar-refractivity contribution in [1.29, 1.82) is 0 Å². The Labute approximate surface area is 171 Å². The van der Waals surface area contributed by atoms with Crippen molar-refractivity contribution in [2.75, 3.05) is 13.7 Å². The summed E-state index contributed by atoms with van der Waals surface area (Å²) in [7, 11) is 1.68. The van der Waals surface area contributed by atoms with E-state index in [1.807, 2.05) is 28.9 Å². The number of nitrogens with zero attached hydrogens (tertiary/aromatic N) is 4. The summed E-state index contributed by atoms with van der Waals surface area (Å²) in [6, 6.07) is 16.9. The van der Waals surface area contributed by atoms with E-state index in [9.17, 15) is 0 Å². The summed E-state index contributed by atoms with van der Waals surface area (Å²) < 4.78 is 10.1. The minimum atomic E-state index is 0.237. The highest BCUT2D eigenvalue weighted by atomic mass is 32.1. The molecule has 2 aromatic carbocycles. The normalized spacial score (nSPS) is 14.3. The van der Waals surface area contributed by atoms with E-state index < -0.39 is 0 Å². The van der Waals surface area contributed by atoms with Gasteiger partial charge < -0.3 is 4.74 Å². The summed E-state index contributed by atoms with van der Waals surface area (Å²) in [5, 5.41) is 4.90. The first-order valence-electron chi connectivity index (χ1n) is 9.69. The third-order valence-electron chi connectivity index (χ3n) is 5.28. The lowest BCUT2D eigenvalue weighted by molar-refractivity contribution is 0.188. The lowest BCUT2D eigenvalue weighted by Crippen LogP contribution is -2.32. The fraction of sp³-hybridized carbons (Fsp3) is 0.364. The molecule has 0 atom stereocenters. The van der Waals surface area contributed by atoms with Gasteiger partial charge in [-0.1, -0.05) is 24.3 Å². The van der Waals surface area contributed by atoms with Crippen molar-refractivity contribution in [3.05, 3.63) is 64.4 Å².